The molecule has 0 amide bonds. The van der Waals surface area contributed by atoms with Gasteiger partial charge in [0.1, 0.15) is 5.75 Å². The summed E-state index contributed by atoms with van der Waals surface area (Å²) in [5, 5.41) is 3.44. The van der Waals surface area contributed by atoms with Crippen LogP contribution in [0.5, 0.6) is 5.75 Å². The van der Waals surface area contributed by atoms with Gasteiger partial charge in [-0.1, -0.05) is 26.8 Å². The number of ether oxygens (including phenoxy) is 1. The van der Waals surface area contributed by atoms with Crippen molar-refractivity contribution < 1.29 is 4.74 Å². The Kier molecular flexibility index (Phi) is 6.72. The summed E-state index contributed by atoms with van der Waals surface area (Å²) < 4.78 is 6.86. The average molecular weight is 314 g/mol. The van der Waals surface area contributed by atoms with Gasteiger partial charge in [0.15, 0.2) is 0 Å². The number of halogens is 1. The van der Waals surface area contributed by atoms with Gasteiger partial charge in [0.25, 0.3) is 0 Å². The summed E-state index contributed by atoms with van der Waals surface area (Å²) in [4.78, 5) is 0. The molecule has 1 aromatic carbocycles. The lowest BCUT2D eigenvalue weighted by Gasteiger charge is -2.15. The molecule has 0 bridgehead atoms. The van der Waals surface area contributed by atoms with Gasteiger partial charge in [-0.25, -0.2) is 0 Å². The normalized spacial score (nSPS) is 12.8. The Hall–Kier alpha value is -0.540. The highest BCUT2D eigenvalue weighted by Crippen LogP contribution is 2.27. The van der Waals surface area contributed by atoms with Crippen molar-refractivity contribution in [2.75, 3.05) is 6.54 Å². The van der Waals surface area contributed by atoms with Gasteiger partial charge in [0.2, 0.25) is 0 Å². The number of hydrogen-bond acceptors (Lipinski definition) is 2. The minimum Gasteiger partial charge on any atom is -0.490 e. The molecule has 0 aliphatic heterocycles. The van der Waals surface area contributed by atoms with Crippen LogP contribution in [0.15, 0.2) is 22.7 Å². The molecule has 1 atom stereocenters. The number of nitrogens with one attached hydrogen (secondary N) is 1. The Morgan fingerprint density at radius 3 is 2.56 bits per heavy atom. The van der Waals surface area contributed by atoms with Gasteiger partial charge < -0.3 is 10.1 Å². The van der Waals surface area contributed by atoms with Crippen molar-refractivity contribution in [3.8, 4) is 5.75 Å². The maximum absolute atomic E-state index is 5.82. The lowest BCUT2D eigenvalue weighted by Crippen LogP contribution is -2.19. The van der Waals surface area contributed by atoms with Crippen molar-refractivity contribution in [3.05, 3.63) is 28.2 Å². The largest absolute Gasteiger partial charge is 0.490 e. The maximum Gasteiger partial charge on any atom is 0.133 e. The highest BCUT2D eigenvalue weighted by atomic mass is 79.9. The van der Waals surface area contributed by atoms with Crippen LogP contribution < -0.4 is 10.1 Å². The second-order valence-corrected chi connectivity index (χ2v) is 5.98. The van der Waals surface area contributed by atoms with Crippen molar-refractivity contribution in [2.45, 2.75) is 46.8 Å². The molecule has 3 heteroatoms. The molecule has 1 N–H and O–H groups in total. The average Bonchev–Trinajstić information content (AvgIpc) is 2.32. The van der Waals surface area contributed by atoms with E-state index < -0.39 is 0 Å². The molecule has 0 heterocycles. The van der Waals surface area contributed by atoms with E-state index in [4.69, 9.17) is 4.74 Å². The van der Waals surface area contributed by atoms with E-state index in [0.717, 1.165) is 29.7 Å². The smallest absolute Gasteiger partial charge is 0.133 e. The minimum atomic E-state index is 0.256. The van der Waals surface area contributed by atoms with Crippen LogP contribution in [-0.4, -0.2) is 12.6 Å². The van der Waals surface area contributed by atoms with E-state index >= 15 is 0 Å². The van der Waals surface area contributed by atoms with Crippen LogP contribution in [0.25, 0.3) is 0 Å². The van der Waals surface area contributed by atoms with Crippen LogP contribution in [0.1, 0.15) is 39.7 Å². The summed E-state index contributed by atoms with van der Waals surface area (Å²) in [6, 6.07) is 6.30. The maximum atomic E-state index is 5.82. The minimum absolute atomic E-state index is 0.256. The first-order chi connectivity index (χ1) is 8.52. The zero-order valence-electron chi connectivity index (χ0n) is 11.8. The van der Waals surface area contributed by atoms with Gasteiger partial charge in [-0.05, 0) is 59.4 Å². The fraction of sp³-hybridized carbons (Fsp3) is 0.600. The molecular formula is C15H24BrNO. The van der Waals surface area contributed by atoms with E-state index in [0.29, 0.717) is 5.92 Å². The van der Waals surface area contributed by atoms with E-state index in [9.17, 15) is 0 Å². The summed E-state index contributed by atoms with van der Waals surface area (Å²) in [5.41, 5.74) is 1.28. The van der Waals surface area contributed by atoms with Crippen molar-refractivity contribution in [1.82, 2.24) is 5.32 Å². The Bertz CT molecular complexity index is 366. The molecular weight excluding hydrogens is 290 g/mol. The van der Waals surface area contributed by atoms with Crippen LogP contribution in [-0.2, 0) is 6.54 Å². The molecule has 0 aliphatic carbocycles. The van der Waals surface area contributed by atoms with Gasteiger partial charge in [0, 0.05) is 6.54 Å². The Morgan fingerprint density at radius 1 is 1.28 bits per heavy atom. The Labute approximate surface area is 119 Å². The molecule has 1 unspecified atom stereocenters. The molecule has 0 fully saturated rings. The number of benzene rings is 1. The van der Waals surface area contributed by atoms with Crippen LogP contribution >= 0.6 is 15.9 Å². The van der Waals surface area contributed by atoms with Crippen LogP contribution in [0.2, 0.25) is 0 Å². The van der Waals surface area contributed by atoms with E-state index in [1.165, 1.54) is 5.56 Å². The third-order valence-corrected chi connectivity index (χ3v) is 3.40. The predicted octanol–water partition coefficient (Wildman–Crippen LogP) is 4.37. The van der Waals surface area contributed by atoms with Crippen molar-refractivity contribution in [1.29, 1.82) is 0 Å². The molecule has 0 spiro atoms. The summed E-state index contributed by atoms with van der Waals surface area (Å²) in [7, 11) is 0. The lowest BCUT2D eigenvalue weighted by molar-refractivity contribution is 0.216. The zero-order valence-corrected chi connectivity index (χ0v) is 13.4. The second-order valence-electron chi connectivity index (χ2n) is 5.13. The molecule has 0 saturated heterocycles. The van der Waals surface area contributed by atoms with Gasteiger partial charge in [0.05, 0.1) is 10.6 Å². The first-order valence-corrected chi connectivity index (χ1v) is 7.48. The first kappa shape index (κ1) is 15.5. The quantitative estimate of drug-likeness (QED) is 0.807. The molecule has 102 valence electrons. The molecule has 0 radical (unpaired) electrons. The Balaban J connectivity index is 2.56. The summed E-state index contributed by atoms with van der Waals surface area (Å²) >= 11 is 3.57. The second kappa shape index (κ2) is 7.80. The third kappa shape index (κ3) is 5.40. The van der Waals surface area contributed by atoms with E-state index in [-0.39, 0.29) is 6.10 Å². The number of hydrogen-bond donors (Lipinski definition) is 1. The molecule has 1 aromatic rings. The van der Waals surface area contributed by atoms with Gasteiger partial charge in [-0.3, -0.25) is 0 Å². The third-order valence-electron chi connectivity index (χ3n) is 2.78. The molecule has 0 aromatic heterocycles. The van der Waals surface area contributed by atoms with E-state index in [1.807, 2.05) is 6.07 Å². The molecule has 0 saturated carbocycles. The van der Waals surface area contributed by atoms with Crippen LogP contribution in [0.3, 0.4) is 0 Å². The van der Waals surface area contributed by atoms with Crippen LogP contribution in [0, 0.1) is 5.92 Å². The predicted molar refractivity (Wildman–Crippen MR) is 81.1 cm³/mol. The van der Waals surface area contributed by atoms with Crippen molar-refractivity contribution >= 4 is 15.9 Å². The van der Waals surface area contributed by atoms with E-state index in [1.54, 1.807) is 0 Å². The summed E-state index contributed by atoms with van der Waals surface area (Å²) in [6.45, 7) is 10.6. The topological polar surface area (TPSA) is 21.3 Å². The van der Waals surface area contributed by atoms with Gasteiger partial charge in [-0.15, -0.1) is 0 Å². The van der Waals surface area contributed by atoms with Crippen molar-refractivity contribution in [3.63, 3.8) is 0 Å². The highest BCUT2D eigenvalue weighted by Gasteiger charge is 2.06. The standard InChI is InChI=1S/C15H24BrNO/c1-5-12(4)18-15-7-6-13(8-14(15)16)10-17-9-11(2)3/h6-8,11-12,17H,5,9-10H2,1-4H3. The number of rotatable bonds is 7. The monoisotopic (exact) mass is 313 g/mol. The van der Waals surface area contributed by atoms with E-state index in [2.05, 4.69) is 61.1 Å². The molecule has 2 nitrogen and oxygen atoms in total. The summed E-state index contributed by atoms with van der Waals surface area (Å²) in [5.74, 6) is 1.61. The summed E-state index contributed by atoms with van der Waals surface area (Å²) in [6.07, 6.45) is 1.27. The molecule has 18 heavy (non-hydrogen) atoms. The molecule has 1 rings (SSSR count). The Morgan fingerprint density at radius 2 is 2.00 bits per heavy atom. The fourth-order valence-corrected chi connectivity index (χ4v) is 2.07. The fourth-order valence-electron chi connectivity index (χ4n) is 1.56. The van der Waals surface area contributed by atoms with Crippen molar-refractivity contribution in [2.24, 2.45) is 5.92 Å². The highest BCUT2D eigenvalue weighted by molar-refractivity contribution is 9.10. The lowest BCUT2D eigenvalue weighted by atomic mass is 10.2. The SMILES string of the molecule is CCC(C)Oc1ccc(CNCC(C)C)cc1Br. The van der Waals surface area contributed by atoms with Crippen LogP contribution in [0.4, 0.5) is 0 Å². The van der Waals surface area contributed by atoms with Gasteiger partial charge >= 0.3 is 0 Å². The van der Waals surface area contributed by atoms with Gasteiger partial charge in [-0.2, -0.15) is 0 Å². The molecule has 0 aliphatic rings. The first-order valence-electron chi connectivity index (χ1n) is 6.68. The zero-order chi connectivity index (χ0) is 13.5.